The Kier molecular flexibility index (Phi) is 4.11. The van der Waals surface area contributed by atoms with Crippen molar-refractivity contribution in [2.75, 3.05) is 13.6 Å². The van der Waals surface area contributed by atoms with Gasteiger partial charge >= 0.3 is 0 Å². The van der Waals surface area contributed by atoms with Crippen LogP contribution in [-0.2, 0) is 0 Å². The summed E-state index contributed by atoms with van der Waals surface area (Å²) in [5.74, 6) is -0.808. The lowest BCUT2D eigenvalue weighted by molar-refractivity contribution is 0.0157. The van der Waals surface area contributed by atoms with Crippen molar-refractivity contribution in [1.29, 1.82) is 0 Å². The van der Waals surface area contributed by atoms with Crippen LogP contribution in [0.5, 0.6) is 0 Å². The van der Waals surface area contributed by atoms with Gasteiger partial charge in [0.2, 0.25) is 0 Å². The third-order valence-corrected chi connectivity index (χ3v) is 3.87. The number of benzene rings is 1. The lowest BCUT2D eigenvalue weighted by Crippen LogP contribution is -2.42. The molecule has 1 fully saturated rings. The fraction of sp³-hybridized carbons (Fsp3) is 0.500. The summed E-state index contributed by atoms with van der Waals surface area (Å²) < 4.78 is 13.1. The molecule has 19 heavy (non-hydrogen) atoms. The highest BCUT2D eigenvalue weighted by Gasteiger charge is 2.33. The Hall–Kier alpha value is -1.13. The van der Waals surface area contributed by atoms with E-state index in [1.165, 1.54) is 23.1 Å². The molecule has 104 valence electrons. The molecular formula is C14H17ClFNO2. The van der Waals surface area contributed by atoms with Gasteiger partial charge in [-0.2, -0.15) is 0 Å². The van der Waals surface area contributed by atoms with Gasteiger partial charge in [0.25, 0.3) is 5.91 Å². The van der Waals surface area contributed by atoms with E-state index in [-0.39, 0.29) is 10.9 Å². The van der Waals surface area contributed by atoms with E-state index < -0.39 is 11.4 Å². The van der Waals surface area contributed by atoms with E-state index in [1.54, 1.807) is 7.05 Å². The van der Waals surface area contributed by atoms with E-state index >= 15 is 0 Å². The van der Waals surface area contributed by atoms with Crippen LogP contribution in [0, 0.1) is 5.82 Å². The van der Waals surface area contributed by atoms with Gasteiger partial charge in [-0.3, -0.25) is 4.79 Å². The maximum atomic E-state index is 13.1. The molecule has 1 aromatic rings. The number of hydrogen-bond donors (Lipinski definition) is 1. The predicted octanol–water partition coefficient (Wildman–Crippen LogP) is 2.86. The van der Waals surface area contributed by atoms with Gasteiger partial charge in [-0.25, -0.2) is 4.39 Å². The van der Waals surface area contributed by atoms with Crippen LogP contribution in [0.3, 0.4) is 0 Å². The maximum absolute atomic E-state index is 13.1. The monoisotopic (exact) mass is 285 g/mol. The first-order chi connectivity index (χ1) is 8.91. The Morgan fingerprint density at radius 1 is 1.47 bits per heavy atom. The Labute approximate surface area is 117 Å². The van der Waals surface area contributed by atoms with E-state index in [4.69, 9.17) is 11.6 Å². The van der Waals surface area contributed by atoms with Crippen LogP contribution in [0.25, 0.3) is 0 Å². The molecule has 1 aliphatic rings. The number of carbonyl (C=O) groups is 1. The number of hydrogen-bond acceptors (Lipinski definition) is 2. The minimum atomic E-state index is -0.783. The minimum absolute atomic E-state index is 0.0705. The molecule has 1 aliphatic carbocycles. The summed E-state index contributed by atoms with van der Waals surface area (Å²) in [6.45, 7) is 0.292. The maximum Gasteiger partial charge on any atom is 0.253 e. The molecule has 0 unspecified atom stereocenters. The third-order valence-electron chi connectivity index (χ3n) is 3.58. The molecule has 0 heterocycles. The highest BCUT2D eigenvalue weighted by Crippen LogP contribution is 2.30. The lowest BCUT2D eigenvalue weighted by Gasteiger charge is -2.28. The van der Waals surface area contributed by atoms with E-state index in [9.17, 15) is 14.3 Å². The number of likely N-dealkylation sites (N-methyl/N-ethyl adjacent to an activating group) is 1. The molecule has 5 heteroatoms. The van der Waals surface area contributed by atoms with Crippen molar-refractivity contribution in [3.8, 4) is 0 Å². The summed E-state index contributed by atoms with van der Waals surface area (Å²) in [5, 5.41) is 10.2. The second kappa shape index (κ2) is 5.47. The first-order valence-corrected chi connectivity index (χ1v) is 6.72. The first-order valence-electron chi connectivity index (χ1n) is 6.34. The van der Waals surface area contributed by atoms with Gasteiger partial charge < -0.3 is 10.0 Å². The molecule has 2 rings (SSSR count). The average molecular weight is 286 g/mol. The summed E-state index contributed by atoms with van der Waals surface area (Å²) in [4.78, 5) is 13.6. The number of amides is 1. The highest BCUT2D eigenvalue weighted by atomic mass is 35.5. The van der Waals surface area contributed by atoms with E-state index in [0.29, 0.717) is 12.1 Å². The Morgan fingerprint density at radius 3 is 2.68 bits per heavy atom. The van der Waals surface area contributed by atoms with Gasteiger partial charge in [0.05, 0.1) is 10.6 Å². The summed E-state index contributed by atoms with van der Waals surface area (Å²) >= 11 is 5.67. The largest absolute Gasteiger partial charge is 0.388 e. The second-order valence-electron chi connectivity index (χ2n) is 5.22. The Balaban J connectivity index is 2.08. The van der Waals surface area contributed by atoms with Crippen LogP contribution in [0.2, 0.25) is 5.02 Å². The minimum Gasteiger partial charge on any atom is -0.388 e. The third kappa shape index (κ3) is 3.25. The van der Waals surface area contributed by atoms with Crippen molar-refractivity contribution in [1.82, 2.24) is 4.90 Å². The Bertz CT molecular complexity index is 486. The van der Waals surface area contributed by atoms with E-state index in [0.717, 1.165) is 25.7 Å². The number of nitrogens with zero attached hydrogens (tertiary/aromatic N) is 1. The van der Waals surface area contributed by atoms with Crippen LogP contribution in [0.1, 0.15) is 36.0 Å². The molecule has 0 atom stereocenters. The highest BCUT2D eigenvalue weighted by molar-refractivity contribution is 6.31. The van der Waals surface area contributed by atoms with E-state index in [2.05, 4.69) is 0 Å². The van der Waals surface area contributed by atoms with Crippen LogP contribution in [0.15, 0.2) is 18.2 Å². The smallest absolute Gasteiger partial charge is 0.253 e. The van der Waals surface area contributed by atoms with Crippen molar-refractivity contribution in [3.05, 3.63) is 34.6 Å². The molecule has 1 saturated carbocycles. The molecule has 0 radical (unpaired) electrons. The van der Waals surface area contributed by atoms with Gasteiger partial charge in [-0.1, -0.05) is 24.4 Å². The topological polar surface area (TPSA) is 40.5 Å². The number of rotatable bonds is 3. The summed E-state index contributed by atoms with van der Waals surface area (Å²) in [6.07, 6.45) is 3.41. The summed E-state index contributed by atoms with van der Waals surface area (Å²) in [7, 11) is 1.63. The first kappa shape index (κ1) is 14.3. The fourth-order valence-electron chi connectivity index (χ4n) is 2.55. The van der Waals surface area contributed by atoms with E-state index in [1.807, 2.05) is 0 Å². The number of aliphatic hydroxyl groups is 1. The van der Waals surface area contributed by atoms with Crippen molar-refractivity contribution in [3.63, 3.8) is 0 Å². The van der Waals surface area contributed by atoms with Crippen molar-refractivity contribution < 1.29 is 14.3 Å². The van der Waals surface area contributed by atoms with Gasteiger partial charge in [-0.15, -0.1) is 0 Å². The molecule has 1 amide bonds. The van der Waals surface area contributed by atoms with Crippen LogP contribution < -0.4 is 0 Å². The SMILES string of the molecule is CN(CC1(O)CCCC1)C(=O)c1ccc(F)c(Cl)c1. The van der Waals surface area contributed by atoms with Crippen molar-refractivity contribution >= 4 is 17.5 Å². The average Bonchev–Trinajstić information content (AvgIpc) is 2.78. The molecule has 0 spiro atoms. The molecule has 3 nitrogen and oxygen atoms in total. The molecule has 0 aliphatic heterocycles. The summed E-state index contributed by atoms with van der Waals surface area (Å²) in [5.41, 5.74) is -0.454. The zero-order valence-corrected chi connectivity index (χ0v) is 11.6. The second-order valence-corrected chi connectivity index (χ2v) is 5.63. The quantitative estimate of drug-likeness (QED) is 0.928. The molecule has 1 N–H and O–H groups in total. The fourth-order valence-corrected chi connectivity index (χ4v) is 2.73. The van der Waals surface area contributed by atoms with Gasteiger partial charge in [0.1, 0.15) is 5.82 Å². The van der Waals surface area contributed by atoms with Gasteiger partial charge in [0, 0.05) is 19.2 Å². The standard InChI is InChI=1S/C14H17ClFNO2/c1-17(9-14(19)6-2-3-7-14)13(18)10-4-5-12(16)11(15)8-10/h4-5,8,19H,2-3,6-7,9H2,1H3. The zero-order valence-electron chi connectivity index (χ0n) is 10.8. The zero-order chi connectivity index (χ0) is 14.0. The molecular weight excluding hydrogens is 269 g/mol. The Morgan fingerprint density at radius 2 is 2.11 bits per heavy atom. The van der Waals surface area contributed by atoms with Gasteiger partial charge in [0.15, 0.2) is 0 Å². The predicted molar refractivity (Wildman–Crippen MR) is 71.8 cm³/mol. The summed E-state index contributed by atoms with van der Waals surface area (Å²) in [6, 6.07) is 3.89. The van der Waals surface area contributed by atoms with Crippen LogP contribution >= 0.6 is 11.6 Å². The lowest BCUT2D eigenvalue weighted by atomic mass is 10.0. The number of halogens is 2. The van der Waals surface area contributed by atoms with Crippen molar-refractivity contribution in [2.45, 2.75) is 31.3 Å². The van der Waals surface area contributed by atoms with Gasteiger partial charge in [-0.05, 0) is 31.0 Å². The van der Waals surface area contributed by atoms with Crippen LogP contribution in [-0.4, -0.2) is 35.1 Å². The molecule has 0 bridgehead atoms. The molecule has 0 aromatic heterocycles. The molecule has 1 aromatic carbocycles. The number of carbonyl (C=O) groups excluding carboxylic acids is 1. The van der Waals surface area contributed by atoms with Crippen LogP contribution in [0.4, 0.5) is 4.39 Å². The molecule has 0 saturated heterocycles. The van der Waals surface area contributed by atoms with Crippen molar-refractivity contribution in [2.24, 2.45) is 0 Å². The normalized spacial score (nSPS) is 17.5.